The van der Waals surface area contributed by atoms with Crippen LogP contribution in [0.2, 0.25) is 0 Å². The summed E-state index contributed by atoms with van der Waals surface area (Å²) in [4.78, 5) is 15.7. The monoisotopic (exact) mass is 358 g/mol. The maximum atomic E-state index is 11.1. The van der Waals surface area contributed by atoms with Gasteiger partial charge in [-0.1, -0.05) is 0 Å². The number of fused-ring (bicyclic) bond motifs is 6. The molecule has 0 aliphatic carbocycles. The zero-order chi connectivity index (χ0) is 18.4. The highest BCUT2D eigenvalue weighted by atomic mass is 16.5. The van der Waals surface area contributed by atoms with Gasteiger partial charge in [0.2, 0.25) is 5.72 Å². The van der Waals surface area contributed by atoms with Gasteiger partial charge in [0.05, 0.1) is 17.1 Å². The number of aromatic amines is 2. The van der Waals surface area contributed by atoms with E-state index in [1.807, 2.05) is 54.6 Å². The highest BCUT2D eigenvalue weighted by molar-refractivity contribution is 6.20. The molecule has 0 fully saturated rings. The average molecular weight is 358 g/mol. The van der Waals surface area contributed by atoms with Gasteiger partial charge in [-0.3, -0.25) is 0 Å². The van der Waals surface area contributed by atoms with E-state index in [0.717, 1.165) is 33.5 Å². The van der Waals surface area contributed by atoms with Crippen molar-refractivity contribution in [3.05, 3.63) is 76.4 Å². The standard InChI is InChI=1S/C21H18N4O2/c1-27-20-19-7-6-17(24-19)11-15-3-2-13(22-15)10-14-4-5-16(23-14)12-18-8-9-21(20,26)25-18/h2-12,20,23-24,26H,1H3. The van der Waals surface area contributed by atoms with Crippen molar-refractivity contribution in [1.82, 2.24) is 9.97 Å². The summed E-state index contributed by atoms with van der Waals surface area (Å²) in [6, 6.07) is 7.79. The molecule has 27 heavy (non-hydrogen) atoms. The van der Waals surface area contributed by atoms with Gasteiger partial charge in [0.25, 0.3) is 0 Å². The zero-order valence-corrected chi connectivity index (χ0v) is 14.7. The van der Waals surface area contributed by atoms with E-state index in [2.05, 4.69) is 20.0 Å². The summed E-state index contributed by atoms with van der Waals surface area (Å²) in [5, 5.41) is 12.9. The number of methoxy groups -OCH3 is 1. The maximum Gasteiger partial charge on any atom is 0.208 e. The largest absolute Gasteiger partial charge is 0.370 e. The van der Waals surface area contributed by atoms with Gasteiger partial charge in [0.15, 0.2) is 0 Å². The van der Waals surface area contributed by atoms with E-state index in [9.17, 15) is 5.11 Å². The minimum absolute atomic E-state index is 0.648. The molecule has 2 unspecified atom stereocenters. The molecule has 0 saturated carbocycles. The first-order valence-electron chi connectivity index (χ1n) is 8.71. The normalized spacial score (nSPS) is 25.6. The predicted octanol–water partition coefficient (Wildman–Crippen LogP) is 1.36. The smallest absolute Gasteiger partial charge is 0.208 e. The number of H-pyrrole nitrogens is 2. The topological polar surface area (TPSA) is 85.8 Å². The Morgan fingerprint density at radius 2 is 1.78 bits per heavy atom. The Bertz CT molecular complexity index is 1190. The van der Waals surface area contributed by atoms with E-state index in [1.165, 1.54) is 0 Å². The quantitative estimate of drug-likeness (QED) is 0.719. The summed E-state index contributed by atoms with van der Waals surface area (Å²) in [5.41, 5.74) is 2.57. The molecule has 5 heterocycles. The predicted molar refractivity (Wildman–Crippen MR) is 106 cm³/mol. The van der Waals surface area contributed by atoms with Crippen LogP contribution in [-0.2, 0) is 4.74 Å². The van der Waals surface area contributed by atoms with Gasteiger partial charge >= 0.3 is 0 Å². The summed E-state index contributed by atoms with van der Waals surface area (Å²) in [6.45, 7) is 0. The lowest BCUT2D eigenvalue weighted by molar-refractivity contribution is -0.0591. The lowest BCUT2D eigenvalue weighted by Crippen LogP contribution is -2.32. The van der Waals surface area contributed by atoms with Crippen molar-refractivity contribution in [2.75, 3.05) is 7.11 Å². The van der Waals surface area contributed by atoms with E-state index >= 15 is 0 Å². The van der Waals surface area contributed by atoms with Gasteiger partial charge in [0.1, 0.15) is 6.10 Å². The van der Waals surface area contributed by atoms with Gasteiger partial charge in [-0.05, 0) is 66.8 Å². The second kappa shape index (κ2) is 5.90. The first-order chi connectivity index (χ1) is 13.1. The second-order valence-electron chi connectivity index (χ2n) is 6.73. The number of nitrogens with zero attached hydrogens (tertiary/aromatic N) is 2. The molecule has 2 atom stereocenters. The Kier molecular flexibility index (Phi) is 3.50. The first kappa shape index (κ1) is 16.0. The van der Waals surface area contributed by atoms with Crippen molar-refractivity contribution >= 4 is 29.7 Å². The van der Waals surface area contributed by atoms with Crippen molar-refractivity contribution in [2.45, 2.75) is 11.8 Å². The summed E-state index contributed by atoms with van der Waals surface area (Å²) < 4.78 is 5.59. The molecule has 134 valence electrons. The van der Waals surface area contributed by atoms with Crippen LogP contribution in [0.5, 0.6) is 0 Å². The molecule has 3 aliphatic rings. The molecule has 2 aromatic rings. The molecule has 3 N–H and O–H groups in total. The first-order valence-corrected chi connectivity index (χ1v) is 8.71. The van der Waals surface area contributed by atoms with Crippen molar-refractivity contribution in [1.29, 1.82) is 0 Å². The molecule has 0 aromatic carbocycles. The van der Waals surface area contributed by atoms with Crippen LogP contribution in [0.3, 0.4) is 0 Å². The van der Waals surface area contributed by atoms with E-state index in [0.29, 0.717) is 5.71 Å². The number of hydrogen-bond acceptors (Lipinski definition) is 4. The van der Waals surface area contributed by atoms with Crippen molar-refractivity contribution in [2.24, 2.45) is 9.98 Å². The Hall–Kier alpha value is -3.22. The van der Waals surface area contributed by atoms with E-state index in [-0.39, 0.29) is 0 Å². The third-order valence-corrected chi connectivity index (χ3v) is 4.77. The highest BCUT2D eigenvalue weighted by Gasteiger charge is 2.39. The number of hydrogen-bond donors (Lipinski definition) is 3. The number of rotatable bonds is 1. The maximum absolute atomic E-state index is 11.1. The molecule has 0 saturated heterocycles. The number of nitrogens with one attached hydrogen (secondary N) is 2. The lowest BCUT2D eigenvalue weighted by atomic mass is 10.1. The molecule has 0 radical (unpaired) electrons. The third-order valence-electron chi connectivity index (χ3n) is 4.77. The molecule has 6 nitrogen and oxygen atoms in total. The SMILES string of the molecule is COC1c2ccc([nH]2)C=C2C=CC(=N2)C=c2ccc([nH]2)=CC2=NC1(O)C=C2. The van der Waals surface area contributed by atoms with Crippen LogP contribution >= 0.6 is 0 Å². The third kappa shape index (κ3) is 2.85. The Morgan fingerprint density at radius 3 is 2.59 bits per heavy atom. The minimum Gasteiger partial charge on any atom is -0.370 e. The van der Waals surface area contributed by atoms with E-state index in [1.54, 1.807) is 19.3 Å². The summed E-state index contributed by atoms with van der Waals surface area (Å²) >= 11 is 0. The fraction of sp³-hybridized carbons (Fsp3) is 0.143. The summed E-state index contributed by atoms with van der Waals surface area (Å²) in [7, 11) is 1.56. The molecule has 6 heteroatoms. The Morgan fingerprint density at radius 1 is 0.963 bits per heavy atom. The molecule has 5 rings (SSSR count). The van der Waals surface area contributed by atoms with E-state index < -0.39 is 11.8 Å². The van der Waals surface area contributed by atoms with Crippen LogP contribution in [-0.4, -0.2) is 39.3 Å². The van der Waals surface area contributed by atoms with Crippen LogP contribution in [0, 0.1) is 0 Å². The highest BCUT2D eigenvalue weighted by Crippen LogP contribution is 2.34. The fourth-order valence-corrected chi connectivity index (χ4v) is 3.54. The zero-order valence-electron chi connectivity index (χ0n) is 14.7. The number of allylic oxidation sites excluding steroid dienone is 3. The van der Waals surface area contributed by atoms with Gasteiger partial charge in [-0.15, -0.1) is 0 Å². The van der Waals surface area contributed by atoms with E-state index in [4.69, 9.17) is 4.74 Å². The fourth-order valence-electron chi connectivity index (χ4n) is 3.54. The number of aliphatic hydroxyl groups is 1. The van der Waals surface area contributed by atoms with Crippen LogP contribution in [0.4, 0.5) is 0 Å². The summed E-state index contributed by atoms with van der Waals surface area (Å²) in [6.07, 6.45) is 12.6. The van der Waals surface area contributed by atoms with Gasteiger partial charge in [-0.25, -0.2) is 9.98 Å². The van der Waals surface area contributed by atoms with Crippen LogP contribution < -0.4 is 10.7 Å². The molecule has 0 amide bonds. The van der Waals surface area contributed by atoms with Crippen LogP contribution in [0.15, 0.2) is 64.3 Å². The van der Waals surface area contributed by atoms with Gasteiger partial charge in [-0.2, -0.15) is 0 Å². The number of ether oxygens (including phenoxy) is 1. The molecular weight excluding hydrogens is 340 g/mol. The van der Waals surface area contributed by atoms with Gasteiger partial charge in [0, 0.05) is 29.2 Å². The Labute approximate surface area is 155 Å². The average Bonchev–Trinajstić information content (AvgIpc) is 3.40. The minimum atomic E-state index is -1.47. The molecule has 3 aliphatic heterocycles. The molecule has 0 spiro atoms. The van der Waals surface area contributed by atoms with Gasteiger partial charge < -0.3 is 19.8 Å². The number of aromatic nitrogens is 2. The second-order valence-corrected chi connectivity index (χ2v) is 6.73. The summed E-state index contributed by atoms with van der Waals surface area (Å²) in [5.74, 6) is 0. The molecule has 2 aromatic heterocycles. The Balaban J connectivity index is 1.72. The molecular formula is C21H18N4O2. The van der Waals surface area contributed by atoms with Crippen LogP contribution in [0.1, 0.15) is 17.5 Å². The van der Waals surface area contributed by atoms with Crippen molar-refractivity contribution < 1.29 is 9.84 Å². The van der Waals surface area contributed by atoms with Crippen molar-refractivity contribution in [3.8, 4) is 0 Å². The van der Waals surface area contributed by atoms with Crippen LogP contribution in [0.25, 0.3) is 18.2 Å². The molecule has 8 bridgehead atoms. The number of aliphatic imine (C=N–C) groups is 2. The lowest BCUT2D eigenvalue weighted by Gasteiger charge is -2.26. The van der Waals surface area contributed by atoms with Crippen molar-refractivity contribution in [3.63, 3.8) is 0 Å².